The Hall–Kier alpha value is -3.21. The Labute approximate surface area is 153 Å². The number of anilines is 3. The first kappa shape index (κ1) is 17.6. The highest BCUT2D eigenvalue weighted by atomic mass is 16.1. The standard InChI is InChI=1S/C21H22N4O/c1-4-16-7-11-17(12-8-16)23-20(26)19-13-15(3)22-21(25-19)24-18-9-5-14(2)6-10-18/h5-13H,4H2,1-3H3,(H,23,26)(H,22,24,25). The van der Waals surface area contributed by atoms with E-state index in [1.807, 2.05) is 62.4 Å². The van der Waals surface area contributed by atoms with Crippen LogP contribution >= 0.6 is 0 Å². The van der Waals surface area contributed by atoms with Gasteiger partial charge in [-0.3, -0.25) is 4.79 Å². The number of carbonyl (C=O) groups excluding carboxylic acids is 1. The second kappa shape index (κ2) is 7.78. The molecule has 0 atom stereocenters. The molecule has 26 heavy (non-hydrogen) atoms. The highest BCUT2D eigenvalue weighted by Crippen LogP contribution is 2.16. The molecule has 0 spiro atoms. The second-order valence-electron chi connectivity index (χ2n) is 6.21. The van der Waals surface area contributed by atoms with Crippen LogP contribution in [0.3, 0.4) is 0 Å². The van der Waals surface area contributed by atoms with Crippen LogP contribution < -0.4 is 10.6 Å². The minimum absolute atomic E-state index is 0.258. The summed E-state index contributed by atoms with van der Waals surface area (Å²) >= 11 is 0. The van der Waals surface area contributed by atoms with Crippen LogP contribution in [0.4, 0.5) is 17.3 Å². The highest BCUT2D eigenvalue weighted by Gasteiger charge is 2.11. The van der Waals surface area contributed by atoms with E-state index in [4.69, 9.17) is 0 Å². The van der Waals surface area contributed by atoms with Crippen LogP contribution in [-0.2, 0) is 6.42 Å². The van der Waals surface area contributed by atoms with E-state index < -0.39 is 0 Å². The molecule has 0 saturated heterocycles. The van der Waals surface area contributed by atoms with Crippen LogP contribution in [0.15, 0.2) is 54.6 Å². The summed E-state index contributed by atoms with van der Waals surface area (Å²) in [6, 6.07) is 17.4. The van der Waals surface area contributed by atoms with Crippen LogP contribution in [0.2, 0.25) is 0 Å². The molecule has 0 saturated carbocycles. The Bertz CT molecular complexity index is 902. The van der Waals surface area contributed by atoms with Crippen molar-refractivity contribution >= 4 is 23.2 Å². The van der Waals surface area contributed by atoms with Gasteiger partial charge in [0.1, 0.15) is 5.69 Å². The zero-order valence-electron chi connectivity index (χ0n) is 15.2. The number of carbonyl (C=O) groups is 1. The number of aryl methyl sites for hydroxylation is 3. The fourth-order valence-corrected chi connectivity index (χ4v) is 2.53. The number of nitrogens with zero attached hydrogens (tertiary/aromatic N) is 2. The molecule has 3 aromatic rings. The SMILES string of the molecule is CCc1ccc(NC(=O)c2cc(C)nc(Nc3ccc(C)cc3)n2)cc1. The zero-order valence-corrected chi connectivity index (χ0v) is 15.2. The summed E-state index contributed by atoms with van der Waals surface area (Å²) < 4.78 is 0. The number of benzene rings is 2. The summed E-state index contributed by atoms with van der Waals surface area (Å²) in [5, 5.41) is 6.02. The van der Waals surface area contributed by atoms with E-state index in [9.17, 15) is 4.79 Å². The van der Waals surface area contributed by atoms with Crippen molar-refractivity contribution in [3.63, 3.8) is 0 Å². The van der Waals surface area contributed by atoms with Crippen molar-refractivity contribution in [3.8, 4) is 0 Å². The quantitative estimate of drug-likeness (QED) is 0.705. The average molecular weight is 346 g/mol. The molecule has 0 fully saturated rings. The molecule has 0 bridgehead atoms. The molecule has 5 heteroatoms. The van der Waals surface area contributed by atoms with Gasteiger partial charge < -0.3 is 10.6 Å². The molecule has 0 radical (unpaired) electrons. The molecule has 5 nitrogen and oxygen atoms in total. The number of hydrogen-bond acceptors (Lipinski definition) is 4. The molecule has 1 aromatic heterocycles. The predicted molar refractivity (Wildman–Crippen MR) is 105 cm³/mol. The largest absolute Gasteiger partial charge is 0.324 e. The lowest BCUT2D eigenvalue weighted by Gasteiger charge is -2.09. The Morgan fingerprint density at radius 1 is 0.923 bits per heavy atom. The average Bonchev–Trinajstić information content (AvgIpc) is 2.64. The molecule has 2 aromatic carbocycles. The molecule has 0 unspecified atom stereocenters. The van der Waals surface area contributed by atoms with Crippen molar-refractivity contribution in [2.45, 2.75) is 27.2 Å². The first-order chi connectivity index (χ1) is 12.5. The van der Waals surface area contributed by atoms with E-state index in [1.165, 1.54) is 11.1 Å². The molecule has 1 amide bonds. The number of amides is 1. The van der Waals surface area contributed by atoms with E-state index in [-0.39, 0.29) is 5.91 Å². The molecule has 0 aliphatic rings. The lowest BCUT2D eigenvalue weighted by molar-refractivity contribution is 0.102. The van der Waals surface area contributed by atoms with Gasteiger partial charge in [0.2, 0.25) is 5.95 Å². The Morgan fingerprint density at radius 3 is 2.23 bits per heavy atom. The highest BCUT2D eigenvalue weighted by molar-refractivity contribution is 6.03. The lowest BCUT2D eigenvalue weighted by Crippen LogP contribution is -2.15. The van der Waals surface area contributed by atoms with E-state index in [1.54, 1.807) is 6.07 Å². The molecule has 2 N–H and O–H groups in total. The van der Waals surface area contributed by atoms with Gasteiger partial charge in [0.25, 0.3) is 5.91 Å². The molecular weight excluding hydrogens is 324 g/mol. The predicted octanol–water partition coefficient (Wildman–Crippen LogP) is 4.65. The van der Waals surface area contributed by atoms with Gasteiger partial charge in [0.05, 0.1) is 0 Å². The topological polar surface area (TPSA) is 66.9 Å². The van der Waals surface area contributed by atoms with Gasteiger partial charge in [-0.1, -0.05) is 36.8 Å². The first-order valence-corrected chi connectivity index (χ1v) is 8.63. The van der Waals surface area contributed by atoms with E-state index >= 15 is 0 Å². The van der Waals surface area contributed by atoms with Gasteiger partial charge in [-0.05, 0) is 56.2 Å². The van der Waals surface area contributed by atoms with Crippen LogP contribution in [0.5, 0.6) is 0 Å². The zero-order chi connectivity index (χ0) is 18.5. The maximum Gasteiger partial charge on any atom is 0.274 e. The Kier molecular flexibility index (Phi) is 5.27. The normalized spacial score (nSPS) is 10.4. The third kappa shape index (κ3) is 4.45. The molecular formula is C21H22N4O. The van der Waals surface area contributed by atoms with Crippen LogP contribution in [0.25, 0.3) is 0 Å². The fourth-order valence-electron chi connectivity index (χ4n) is 2.53. The van der Waals surface area contributed by atoms with Crippen molar-refractivity contribution in [1.29, 1.82) is 0 Å². The summed E-state index contributed by atoms with van der Waals surface area (Å²) in [5.41, 5.74) is 5.08. The number of rotatable bonds is 5. The van der Waals surface area contributed by atoms with Crippen LogP contribution in [0, 0.1) is 13.8 Å². The summed E-state index contributed by atoms with van der Waals surface area (Å²) in [5.74, 6) is 0.145. The lowest BCUT2D eigenvalue weighted by atomic mass is 10.1. The monoisotopic (exact) mass is 346 g/mol. The maximum absolute atomic E-state index is 12.5. The van der Waals surface area contributed by atoms with E-state index in [0.29, 0.717) is 11.6 Å². The summed E-state index contributed by atoms with van der Waals surface area (Å²) in [6.45, 7) is 5.97. The summed E-state index contributed by atoms with van der Waals surface area (Å²) in [6.07, 6.45) is 0.966. The minimum atomic E-state index is -0.258. The van der Waals surface area contributed by atoms with Gasteiger partial charge in [-0.25, -0.2) is 9.97 Å². The molecule has 0 aliphatic heterocycles. The number of aromatic nitrogens is 2. The molecule has 0 aliphatic carbocycles. The number of nitrogens with one attached hydrogen (secondary N) is 2. The van der Waals surface area contributed by atoms with Crippen molar-refractivity contribution in [2.75, 3.05) is 10.6 Å². The van der Waals surface area contributed by atoms with Gasteiger partial charge in [0, 0.05) is 17.1 Å². The van der Waals surface area contributed by atoms with Gasteiger partial charge in [0.15, 0.2) is 0 Å². The van der Waals surface area contributed by atoms with Crippen molar-refractivity contribution in [2.24, 2.45) is 0 Å². The minimum Gasteiger partial charge on any atom is -0.324 e. The van der Waals surface area contributed by atoms with E-state index in [2.05, 4.69) is 27.5 Å². The fraction of sp³-hybridized carbons (Fsp3) is 0.190. The smallest absolute Gasteiger partial charge is 0.274 e. The van der Waals surface area contributed by atoms with E-state index in [0.717, 1.165) is 23.5 Å². The second-order valence-corrected chi connectivity index (χ2v) is 6.21. The van der Waals surface area contributed by atoms with Crippen molar-refractivity contribution in [1.82, 2.24) is 9.97 Å². The maximum atomic E-state index is 12.5. The molecule has 3 rings (SSSR count). The summed E-state index contributed by atoms with van der Waals surface area (Å²) in [4.78, 5) is 21.2. The Balaban J connectivity index is 1.77. The van der Waals surface area contributed by atoms with Crippen LogP contribution in [0.1, 0.15) is 34.2 Å². The number of hydrogen-bond donors (Lipinski definition) is 2. The third-order valence-electron chi connectivity index (χ3n) is 4.01. The Morgan fingerprint density at radius 2 is 1.58 bits per heavy atom. The van der Waals surface area contributed by atoms with Gasteiger partial charge in [-0.15, -0.1) is 0 Å². The summed E-state index contributed by atoms with van der Waals surface area (Å²) in [7, 11) is 0. The molecule has 1 heterocycles. The molecule has 132 valence electrons. The van der Waals surface area contributed by atoms with Gasteiger partial charge >= 0.3 is 0 Å². The van der Waals surface area contributed by atoms with Gasteiger partial charge in [-0.2, -0.15) is 0 Å². The van der Waals surface area contributed by atoms with Crippen molar-refractivity contribution in [3.05, 3.63) is 77.1 Å². The first-order valence-electron chi connectivity index (χ1n) is 8.63. The van der Waals surface area contributed by atoms with Crippen LogP contribution in [-0.4, -0.2) is 15.9 Å². The van der Waals surface area contributed by atoms with Crippen molar-refractivity contribution < 1.29 is 4.79 Å². The third-order valence-corrected chi connectivity index (χ3v) is 4.01.